The van der Waals surface area contributed by atoms with E-state index in [1.807, 2.05) is 6.20 Å². The number of ether oxygens (including phenoxy) is 1. The van der Waals surface area contributed by atoms with Crippen molar-refractivity contribution in [2.24, 2.45) is 0 Å². The molecule has 1 aromatic heterocycles. The third kappa shape index (κ3) is 0.897. The monoisotopic (exact) mass is 151 g/mol. The highest BCUT2D eigenvalue weighted by atomic mass is 16.6. The maximum atomic E-state index is 5.38. The minimum absolute atomic E-state index is 0.0220. The van der Waals surface area contributed by atoms with Crippen LogP contribution in [0.15, 0.2) is 6.20 Å². The van der Waals surface area contributed by atoms with Crippen molar-refractivity contribution in [1.29, 1.82) is 0 Å². The number of hydrogen-bond acceptors (Lipinski definition) is 1. The highest BCUT2D eigenvalue weighted by Crippen LogP contribution is 2.41. The third-order valence-corrected chi connectivity index (χ3v) is 2.38. The molecule has 1 unspecified atom stereocenters. The molecule has 0 bridgehead atoms. The lowest BCUT2D eigenvalue weighted by atomic mass is 9.99. The highest BCUT2D eigenvalue weighted by Gasteiger charge is 2.43. The van der Waals surface area contributed by atoms with E-state index in [4.69, 9.17) is 4.74 Å². The predicted molar refractivity (Wildman–Crippen MR) is 43.6 cm³/mol. The molecule has 60 valence electrons. The number of H-pyrrole nitrogens is 1. The van der Waals surface area contributed by atoms with Gasteiger partial charge in [-0.2, -0.15) is 0 Å². The maximum absolute atomic E-state index is 5.38. The van der Waals surface area contributed by atoms with Crippen molar-refractivity contribution in [3.63, 3.8) is 0 Å². The Morgan fingerprint density at radius 3 is 2.55 bits per heavy atom. The van der Waals surface area contributed by atoms with E-state index >= 15 is 0 Å². The summed E-state index contributed by atoms with van der Waals surface area (Å²) in [4.78, 5) is 3.20. The molecular weight excluding hydrogens is 138 g/mol. The summed E-state index contributed by atoms with van der Waals surface area (Å²) in [5, 5.41) is 0. The molecule has 1 fully saturated rings. The van der Waals surface area contributed by atoms with Gasteiger partial charge >= 0.3 is 0 Å². The van der Waals surface area contributed by atoms with Gasteiger partial charge in [0.05, 0.1) is 6.61 Å². The molecule has 0 amide bonds. The van der Waals surface area contributed by atoms with Gasteiger partial charge < -0.3 is 9.72 Å². The molecular formula is C9H13NO. The lowest BCUT2D eigenvalue weighted by Gasteiger charge is -2.05. The summed E-state index contributed by atoms with van der Waals surface area (Å²) in [7, 11) is 0. The highest BCUT2D eigenvalue weighted by molar-refractivity contribution is 5.36. The first-order valence-electron chi connectivity index (χ1n) is 3.92. The lowest BCUT2D eigenvalue weighted by Crippen LogP contribution is -2.04. The number of aromatic nitrogens is 1. The van der Waals surface area contributed by atoms with E-state index in [1.165, 1.54) is 16.8 Å². The number of hydrogen-bond donors (Lipinski definition) is 1. The van der Waals surface area contributed by atoms with Crippen LogP contribution in [-0.2, 0) is 10.3 Å². The molecule has 1 aliphatic rings. The van der Waals surface area contributed by atoms with Crippen LogP contribution in [0.1, 0.15) is 23.7 Å². The van der Waals surface area contributed by atoms with E-state index in [-0.39, 0.29) is 5.60 Å². The summed E-state index contributed by atoms with van der Waals surface area (Å²) < 4.78 is 5.38. The molecule has 2 nitrogen and oxygen atoms in total. The fourth-order valence-electron chi connectivity index (χ4n) is 1.72. The molecule has 11 heavy (non-hydrogen) atoms. The topological polar surface area (TPSA) is 28.3 Å². The van der Waals surface area contributed by atoms with Crippen LogP contribution in [0.5, 0.6) is 0 Å². The standard InChI is InChI=1S/C9H13NO/c1-6-4-10-7(2)8(6)9(3)5-11-9/h4,10H,5H2,1-3H3. The summed E-state index contributed by atoms with van der Waals surface area (Å²) >= 11 is 0. The van der Waals surface area contributed by atoms with Crippen LogP contribution in [0.4, 0.5) is 0 Å². The van der Waals surface area contributed by atoms with Crippen molar-refractivity contribution in [2.45, 2.75) is 26.4 Å². The molecule has 1 saturated heterocycles. The Morgan fingerprint density at radius 2 is 2.18 bits per heavy atom. The summed E-state index contributed by atoms with van der Waals surface area (Å²) in [6.45, 7) is 7.21. The summed E-state index contributed by atoms with van der Waals surface area (Å²) in [5.41, 5.74) is 3.91. The van der Waals surface area contributed by atoms with Crippen LogP contribution < -0.4 is 0 Å². The smallest absolute Gasteiger partial charge is 0.116 e. The number of aromatic amines is 1. The Hall–Kier alpha value is -0.760. The minimum atomic E-state index is 0.0220. The molecule has 2 rings (SSSR count). The molecule has 1 aromatic rings. The van der Waals surface area contributed by atoms with Crippen LogP contribution >= 0.6 is 0 Å². The predicted octanol–water partition coefficient (Wildman–Crippen LogP) is 1.88. The number of epoxide rings is 1. The lowest BCUT2D eigenvalue weighted by molar-refractivity contribution is 0.328. The van der Waals surface area contributed by atoms with Gasteiger partial charge in [0.2, 0.25) is 0 Å². The van der Waals surface area contributed by atoms with E-state index in [1.54, 1.807) is 0 Å². The van der Waals surface area contributed by atoms with Crippen LogP contribution in [0.3, 0.4) is 0 Å². The Kier molecular flexibility index (Phi) is 1.19. The normalized spacial score (nSPS) is 29.0. The molecule has 2 heteroatoms. The fourth-order valence-corrected chi connectivity index (χ4v) is 1.72. The Bertz CT molecular complexity index is 264. The van der Waals surface area contributed by atoms with Gasteiger partial charge in [0.15, 0.2) is 0 Å². The summed E-state index contributed by atoms with van der Waals surface area (Å²) in [6, 6.07) is 0. The molecule has 0 spiro atoms. The van der Waals surface area contributed by atoms with Gasteiger partial charge in [-0.15, -0.1) is 0 Å². The SMILES string of the molecule is Cc1c[nH]c(C)c1C1(C)CO1. The molecule has 1 N–H and O–H groups in total. The molecule has 0 aromatic carbocycles. The minimum Gasteiger partial charge on any atom is -0.365 e. The summed E-state index contributed by atoms with van der Waals surface area (Å²) in [6.07, 6.45) is 2.04. The van der Waals surface area contributed by atoms with Crippen molar-refractivity contribution in [3.8, 4) is 0 Å². The van der Waals surface area contributed by atoms with Crippen molar-refractivity contribution < 1.29 is 4.74 Å². The van der Waals surface area contributed by atoms with Crippen molar-refractivity contribution in [3.05, 3.63) is 23.0 Å². The maximum Gasteiger partial charge on any atom is 0.116 e. The van der Waals surface area contributed by atoms with E-state index < -0.39 is 0 Å². The van der Waals surface area contributed by atoms with Crippen LogP contribution in [0.25, 0.3) is 0 Å². The van der Waals surface area contributed by atoms with Gasteiger partial charge in [0, 0.05) is 17.5 Å². The average molecular weight is 151 g/mol. The van der Waals surface area contributed by atoms with E-state index in [0.717, 1.165) is 6.61 Å². The summed E-state index contributed by atoms with van der Waals surface area (Å²) in [5.74, 6) is 0. The first-order valence-corrected chi connectivity index (χ1v) is 3.92. The largest absolute Gasteiger partial charge is 0.365 e. The van der Waals surface area contributed by atoms with Gasteiger partial charge in [-0.05, 0) is 26.3 Å². The number of nitrogens with one attached hydrogen (secondary N) is 1. The number of rotatable bonds is 1. The molecule has 1 aliphatic heterocycles. The second-order valence-corrected chi connectivity index (χ2v) is 3.49. The first kappa shape index (κ1) is 6.92. The van der Waals surface area contributed by atoms with Gasteiger partial charge in [-0.25, -0.2) is 0 Å². The number of aryl methyl sites for hydroxylation is 2. The Labute approximate surface area is 66.6 Å². The van der Waals surface area contributed by atoms with Gasteiger partial charge in [0.1, 0.15) is 5.60 Å². The van der Waals surface area contributed by atoms with E-state index in [2.05, 4.69) is 25.8 Å². The first-order chi connectivity index (χ1) is 5.13. The Morgan fingerprint density at radius 1 is 1.55 bits per heavy atom. The van der Waals surface area contributed by atoms with Crippen molar-refractivity contribution in [1.82, 2.24) is 4.98 Å². The van der Waals surface area contributed by atoms with Gasteiger partial charge in [-0.3, -0.25) is 0 Å². The average Bonchev–Trinajstić information content (AvgIpc) is 2.56. The van der Waals surface area contributed by atoms with E-state index in [0.29, 0.717) is 0 Å². The van der Waals surface area contributed by atoms with Crippen LogP contribution in [0, 0.1) is 13.8 Å². The fraction of sp³-hybridized carbons (Fsp3) is 0.556. The van der Waals surface area contributed by atoms with Crippen molar-refractivity contribution >= 4 is 0 Å². The quantitative estimate of drug-likeness (QED) is 0.610. The Balaban J connectivity index is 2.50. The van der Waals surface area contributed by atoms with Crippen molar-refractivity contribution in [2.75, 3.05) is 6.61 Å². The molecule has 0 saturated carbocycles. The van der Waals surface area contributed by atoms with Crippen LogP contribution in [0.2, 0.25) is 0 Å². The molecule has 0 aliphatic carbocycles. The zero-order chi connectivity index (χ0) is 8.06. The molecule has 2 heterocycles. The second kappa shape index (κ2) is 1.89. The van der Waals surface area contributed by atoms with Crippen LogP contribution in [-0.4, -0.2) is 11.6 Å². The zero-order valence-electron chi connectivity index (χ0n) is 7.19. The molecule has 0 radical (unpaired) electrons. The third-order valence-electron chi connectivity index (χ3n) is 2.38. The van der Waals surface area contributed by atoms with Gasteiger partial charge in [-0.1, -0.05) is 0 Å². The zero-order valence-corrected chi connectivity index (χ0v) is 7.19. The molecule has 1 atom stereocenters. The van der Waals surface area contributed by atoms with E-state index in [9.17, 15) is 0 Å². The van der Waals surface area contributed by atoms with Gasteiger partial charge in [0.25, 0.3) is 0 Å². The second-order valence-electron chi connectivity index (χ2n) is 3.49.